The van der Waals surface area contributed by atoms with Gasteiger partial charge in [0.2, 0.25) is 5.60 Å². The Morgan fingerprint density at radius 1 is 1.47 bits per heavy atom. The maximum absolute atomic E-state index is 11.1. The third-order valence-corrected chi connectivity index (χ3v) is 1.65. The molecule has 0 fully saturated rings. The molecule has 2 N–H and O–H groups in total. The van der Waals surface area contributed by atoms with Crippen LogP contribution < -0.4 is 0 Å². The number of hydrogen-bond donors (Lipinski definition) is 2. The Hall–Kier alpha value is -1.69. The van der Waals surface area contributed by atoms with E-state index in [-0.39, 0.29) is 6.61 Å². The van der Waals surface area contributed by atoms with Crippen molar-refractivity contribution in [3.8, 4) is 0 Å². The van der Waals surface area contributed by atoms with E-state index >= 15 is 0 Å². The highest BCUT2D eigenvalue weighted by Crippen LogP contribution is 2.14. The molecule has 1 unspecified atom stereocenters. The summed E-state index contributed by atoms with van der Waals surface area (Å²) in [5.41, 5.74) is -2.78. The smallest absolute Gasteiger partial charge is 0.344 e. The fourth-order valence-corrected chi connectivity index (χ4v) is 0.858. The van der Waals surface area contributed by atoms with Crippen molar-refractivity contribution in [3.05, 3.63) is 12.7 Å². The molecule has 0 spiro atoms. The molecule has 0 aromatic rings. The SMILES string of the molecule is C=CC(=O)C(O)(CC(=O)OCC)C(=O)O. The first-order valence-electron chi connectivity index (χ1n) is 4.16. The molecular weight excluding hydrogens is 204 g/mol. The molecular formula is C9H12O6. The third-order valence-electron chi connectivity index (χ3n) is 1.65. The van der Waals surface area contributed by atoms with Crippen molar-refractivity contribution in [2.24, 2.45) is 0 Å². The summed E-state index contributed by atoms with van der Waals surface area (Å²) >= 11 is 0. The van der Waals surface area contributed by atoms with Crippen LogP contribution in [0.1, 0.15) is 13.3 Å². The fraction of sp³-hybridized carbons (Fsp3) is 0.444. The summed E-state index contributed by atoms with van der Waals surface area (Å²) in [5, 5.41) is 18.1. The van der Waals surface area contributed by atoms with Crippen LogP contribution in [-0.2, 0) is 19.1 Å². The summed E-state index contributed by atoms with van der Waals surface area (Å²) in [4.78, 5) is 32.6. The summed E-state index contributed by atoms with van der Waals surface area (Å²) in [6.07, 6.45) is -0.283. The first-order chi connectivity index (χ1) is 6.88. The van der Waals surface area contributed by atoms with Crippen molar-refractivity contribution in [3.63, 3.8) is 0 Å². The molecule has 6 nitrogen and oxygen atoms in total. The van der Waals surface area contributed by atoms with E-state index in [1.807, 2.05) is 0 Å². The summed E-state index contributed by atoms with van der Waals surface area (Å²) in [6, 6.07) is 0. The first-order valence-corrected chi connectivity index (χ1v) is 4.16. The number of esters is 1. The topological polar surface area (TPSA) is 101 Å². The van der Waals surface area contributed by atoms with Crippen LogP contribution in [0.3, 0.4) is 0 Å². The second kappa shape index (κ2) is 5.26. The van der Waals surface area contributed by atoms with Gasteiger partial charge in [-0.1, -0.05) is 6.58 Å². The number of carbonyl (C=O) groups is 3. The van der Waals surface area contributed by atoms with Gasteiger partial charge in [0.05, 0.1) is 13.0 Å². The Morgan fingerprint density at radius 3 is 2.33 bits per heavy atom. The molecule has 1 atom stereocenters. The standard InChI is InChI=1S/C9H12O6/c1-3-6(10)9(14,8(12)13)5-7(11)15-4-2/h3,14H,1,4-5H2,2H3,(H,12,13). The number of ether oxygens (including phenoxy) is 1. The van der Waals surface area contributed by atoms with Crippen molar-refractivity contribution in [2.75, 3.05) is 6.61 Å². The predicted octanol–water partition coefficient (Wildman–Crippen LogP) is -0.490. The van der Waals surface area contributed by atoms with E-state index in [1.165, 1.54) is 6.92 Å². The molecule has 0 aliphatic heterocycles. The number of carbonyl (C=O) groups excluding carboxylic acids is 2. The van der Waals surface area contributed by atoms with Crippen molar-refractivity contribution < 1.29 is 29.3 Å². The lowest BCUT2D eigenvalue weighted by atomic mass is 9.94. The Labute approximate surface area is 86.2 Å². The van der Waals surface area contributed by atoms with Crippen LogP contribution in [-0.4, -0.2) is 40.1 Å². The van der Waals surface area contributed by atoms with Gasteiger partial charge in [0.15, 0.2) is 5.78 Å². The van der Waals surface area contributed by atoms with E-state index in [0.717, 1.165) is 0 Å². The van der Waals surface area contributed by atoms with Gasteiger partial charge in [0.1, 0.15) is 0 Å². The zero-order valence-electron chi connectivity index (χ0n) is 8.23. The Kier molecular flexibility index (Phi) is 4.66. The van der Waals surface area contributed by atoms with Crippen molar-refractivity contribution in [1.29, 1.82) is 0 Å². The minimum atomic E-state index is -2.78. The van der Waals surface area contributed by atoms with Crippen LogP contribution in [0.15, 0.2) is 12.7 Å². The molecule has 0 amide bonds. The lowest BCUT2D eigenvalue weighted by Crippen LogP contribution is -2.47. The van der Waals surface area contributed by atoms with Gasteiger partial charge >= 0.3 is 11.9 Å². The van der Waals surface area contributed by atoms with E-state index in [0.29, 0.717) is 6.08 Å². The van der Waals surface area contributed by atoms with E-state index in [1.54, 1.807) is 0 Å². The fourth-order valence-electron chi connectivity index (χ4n) is 0.858. The second-order valence-electron chi connectivity index (χ2n) is 2.72. The predicted molar refractivity (Wildman–Crippen MR) is 49.0 cm³/mol. The first kappa shape index (κ1) is 13.3. The maximum Gasteiger partial charge on any atom is 0.344 e. The van der Waals surface area contributed by atoms with Crippen LogP contribution in [0, 0.1) is 0 Å². The van der Waals surface area contributed by atoms with Crippen molar-refractivity contribution in [1.82, 2.24) is 0 Å². The molecule has 0 aliphatic carbocycles. The average Bonchev–Trinajstić information content (AvgIpc) is 2.16. The summed E-state index contributed by atoms with van der Waals surface area (Å²) in [5.74, 6) is -3.92. The lowest BCUT2D eigenvalue weighted by molar-refractivity contribution is -0.170. The van der Waals surface area contributed by atoms with Gasteiger partial charge in [0.25, 0.3) is 0 Å². The largest absolute Gasteiger partial charge is 0.479 e. The third kappa shape index (κ3) is 3.17. The van der Waals surface area contributed by atoms with E-state index in [2.05, 4.69) is 11.3 Å². The lowest BCUT2D eigenvalue weighted by Gasteiger charge is -2.18. The van der Waals surface area contributed by atoms with Crippen molar-refractivity contribution in [2.45, 2.75) is 18.9 Å². The van der Waals surface area contributed by atoms with Crippen LogP contribution in [0.5, 0.6) is 0 Å². The van der Waals surface area contributed by atoms with E-state index < -0.39 is 29.7 Å². The number of aliphatic hydroxyl groups is 1. The minimum absolute atomic E-state index is 0.0385. The number of aliphatic carboxylic acids is 1. The number of hydrogen-bond acceptors (Lipinski definition) is 5. The molecule has 0 aliphatic rings. The van der Waals surface area contributed by atoms with Gasteiger partial charge in [-0.2, -0.15) is 0 Å². The number of carboxylic acid groups (broad SMARTS) is 1. The molecule has 0 aromatic carbocycles. The van der Waals surface area contributed by atoms with Gasteiger partial charge < -0.3 is 14.9 Å². The van der Waals surface area contributed by atoms with Crippen LogP contribution in [0.25, 0.3) is 0 Å². The highest BCUT2D eigenvalue weighted by Gasteiger charge is 2.44. The molecule has 15 heavy (non-hydrogen) atoms. The number of rotatable bonds is 6. The van der Waals surface area contributed by atoms with Crippen LogP contribution in [0.2, 0.25) is 0 Å². The second-order valence-corrected chi connectivity index (χ2v) is 2.72. The maximum atomic E-state index is 11.1. The molecule has 0 bridgehead atoms. The molecule has 0 heterocycles. The molecule has 0 saturated carbocycles. The zero-order chi connectivity index (χ0) is 12.1. The molecule has 84 valence electrons. The molecule has 0 rings (SSSR count). The van der Waals surface area contributed by atoms with Crippen LogP contribution >= 0.6 is 0 Å². The quantitative estimate of drug-likeness (QED) is 0.353. The van der Waals surface area contributed by atoms with Gasteiger partial charge in [-0.05, 0) is 13.0 Å². The highest BCUT2D eigenvalue weighted by atomic mass is 16.5. The number of ketones is 1. The van der Waals surface area contributed by atoms with Crippen molar-refractivity contribution >= 4 is 17.7 Å². The Balaban J connectivity index is 4.82. The molecule has 6 heteroatoms. The van der Waals surface area contributed by atoms with Crippen LogP contribution in [0.4, 0.5) is 0 Å². The van der Waals surface area contributed by atoms with Gasteiger partial charge in [-0.3, -0.25) is 9.59 Å². The summed E-state index contributed by atoms with van der Waals surface area (Å²) in [6.45, 7) is 4.60. The van der Waals surface area contributed by atoms with Gasteiger partial charge in [-0.15, -0.1) is 0 Å². The molecule has 0 saturated heterocycles. The van der Waals surface area contributed by atoms with Gasteiger partial charge in [-0.25, -0.2) is 4.79 Å². The van der Waals surface area contributed by atoms with E-state index in [9.17, 15) is 19.5 Å². The average molecular weight is 216 g/mol. The highest BCUT2D eigenvalue weighted by molar-refractivity contribution is 6.13. The minimum Gasteiger partial charge on any atom is -0.479 e. The molecule has 0 radical (unpaired) electrons. The summed E-state index contributed by atoms with van der Waals surface area (Å²) in [7, 11) is 0. The Bertz CT molecular complexity index is 295. The van der Waals surface area contributed by atoms with Gasteiger partial charge in [0, 0.05) is 0 Å². The Morgan fingerprint density at radius 2 is 2.00 bits per heavy atom. The number of carboxylic acids is 1. The summed E-state index contributed by atoms with van der Waals surface area (Å²) < 4.78 is 4.43. The zero-order valence-corrected chi connectivity index (χ0v) is 8.23. The monoisotopic (exact) mass is 216 g/mol. The van der Waals surface area contributed by atoms with E-state index in [4.69, 9.17) is 5.11 Å². The normalized spacial score (nSPS) is 13.7. The molecule has 0 aromatic heterocycles.